The number of rotatable bonds is 3. The topological polar surface area (TPSA) is 29.5 Å². The van der Waals surface area contributed by atoms with Gasteiger partial charge in [0.1, 0.15) is 5.75 Å². The van der Waals surface area contributed by atoms with E-state index in [1.165, 1.54) is 10.4 Å². The normalized spacial score (nSPS) is 15.3. The quantitative estimate of drug-likeness (QED) is 0.816. The zero-order valence-electron chi connectivity index (χ0n) is 12.0. The molecule has 2 heterocycles. The van der Waals surface area contributed by atoms with Gasteiger partial charge in [0.15, 0.2) is 6.10 Å². The van der Waals surface area contributed by atoms with Crippen LogP contribution in [-0.4, -0.2) is 23.5 Å². The van der Waals surface area contributed by atoms with Gasteiger partial charge >= 0.3 is 0 Å². The number of hydrogen-bond acceptors (Lipinski definition) is 3. The molecule has 116 valence electrons. The number of hydrogen-bond donors (Lipinski definition) is 0. The molecule has 0 N–H and O–H groups in total. The van der Waals surface area contributed by atoms with Crippen LogP contribution in [0.25, 0.3) is 0 Å². The summed E-state index contributed by atoms with van der Waals surface area (Å²) in [7, 11) is 0. The van der Waals surface area contributed by atoms with Crippen molar-refractivity contribution in [3.63, 3.8) is 0 Å². The summed E-state index contributed by atoms with van der Waals surface area (Å²) in [6, 6.07) is 7.09. The molecule has 1 aliphatic rings. The van der Waals surface area contributed by atoms with Crippen LogP contribution in [0.3, 0.4) is 0 Å². The number of fused-ring (bicyclic) bond motifs is 1. The summed E-state index contributed by atoms with van der Waals surface area (Å²) >= 11 is 13.6. The summed E-state index contributed by atoms with van der Waals surface area (Å²) in [5.74, 6) is 0.534. The molecule has 0 saturated carbocycles. The SMILES string of the molecule is CC(Oc1ccc(Cl)c(Cl)c1)C(=O)N1CCc2sccc2C1. The Labute approximate surface area is 143 Å². The first-order valence-corrected chi connectivity index (χ1v) is 8.64. The summed E-state index contributed by atoms with van der Waals surface area (Å²) in [4.78, 5) is 15.8. The van der Waals surface area contributed by atoms with Gasteiger partial charge in [-0.2, -0.15) is 0 Å². The second-order valence-corrected chi connectivity index (χ2v) is 7.03. The molecule has 1 unspecified atom stereocenters. The van der Waals surface area contributed by atoms with Crippen molar-refractivity contribution in [3.8, 4) is 5.75 Å². The molecule has 0 radical (unpaired) electrons. The summed E-state index contributed by atoms with van der Waals surface area (Å²) < 4.78 is 5.70. The van der Waals surface area contributed by atoms with Gasteiger partial charge in [0.25, 0.3) is 5.91 Å². The van der Waals surface area contributed by atoms with Crippen LogP contribution in [0.1, 0.15) is 17.4 Å². The van der Waals surface area contributed by atoms with Crippen molar-refractivity contribution in [1.29, 1.82) is 0 Å². The zero-order valence-corrected chi connectivity index (χ0v) is 14.3. The summed E-state index contributed by atoms with van der Waals surface area (Å²) in [5, 5.41) is 2.96. The number of carbonyl (C=O) groups excluding carboxylic acids is 1. The zero-order chi connectivity index (χ0) is 15.7. The molecule has 0 spiro atoms. The number of carbonyl (C=O) groups is 1. The fraction of sp³-hybridized carbons (Fsp3) is 0.312. The Hall–Kier alpha value is -1.23. The molecule has 0 bridgehead atoms. The van der Waals surface area contributed by atoms with E-state index in [1.54, 1.807) is 36.5 Å². The molecule has 0 aliphatic carbocycles. The van der Waals surface area contributed by atoms with Crippen molar-refractivity contribution < 1.29 is 9.53 Å². The van der Waals surface area contributed by atoms with Crippen molar-refractivity contribution in [1.82, 2.24) is 4.90 Å². The number of amides is 1. The lowest BCUT2D eigenvalue weighted by atomic mass is 10.1. The highest BCUT2D eigenvalue weighted by Gasteiger charge is 2.26. The summed E-state index contributed by atoms with van der Waals surface area (Å²) in [6.45, 7) is 3.15. The van der Waals surface area contributed by atoms with E-state index in [0.29, 0.717) is 22.3 Å². The highest BCUT2D eigenvalue weighted by Crippen LogP contribution is 2.28. The van der Waals surface area contributed by atoms with E-state index in [4.69, 9.17) is 27.9 Å². The van der Waals surface area contributed by atoms with Crippen LogP contribution < -0.4 is 4.74 Å². The van der Waals surface area contributed by atoms with Gasteiger partial charge in [0.2, 0.25) is 0 Å². The Bertz CT molecular complexity index is 701. The average Bonchev–Trinajstić information content (AvgIpc) is 2.97. The standard InChI is InChI=1S/C16H15Cl2NO2S/c1-10(21-12-2-3-13(17)14(18)8-12)16(20)19-6-4-15-11(9-19)5-7-22-15/h2-3,5,7-8,10H,4,6,9H2,1H3. The Morgan fingerprint density at radius 1 is 1.32 bits per heavy atom. The molecule has 1 aromatic heterocycles. The van der Waals surface area contributed by atoms with Gasteiger partial charge in [0.05, 0.1) is 10.0 Å². The van der Waals surface area contributed by atoms with Crippen LogP contribution in [0.5, 0.6) is 5.75 Å². The molecule has 22 heavy (non-hydrogen) atoms. The van der Waals surface area contributed by atoms with Crippen LogP contribution in [0.4, 0.5) is 0 Å². The van der Waals surface area contributed by atoms with Gasteiger partial charge in [-0.3, -0.25) is 4.79 Å². The predicted molar refractivity (Wildman–Crippen MR) is 90.0 cm³/mol. The van der Waals surface area contributed by atoms with Crippen LogP contribution >= 0.6 is 34.5 Å². The fourth-order valence-corrected chi connectivity index (χ4v) is 3.68. The molecule has 1 atom stereocenters. The van der Waals surface area contributed by atoms with Gasteiger partial charge in [-0.15, -0.1) is 11.3 Å². The van der Waals surface area contributed by atoms with Crippen LogP contribution in [0, 0.1) is 0 Å². The molecule has 2 aromatic rings. The maximum atomic E-state index is 12.5. The third kappa shape index (κ3) is 3.24. The minimum atomic E-state index is -0.558. The molecule has 1 amide bonds. The van der Waals surface area contributed by atoms with E-state index >= 15 is 0 Å². The number of ether oxygens (including phenoxy) is 1. The van der Waals surface area contributed by atoms with Crippen LogP contribution in [0.15, 0.2) is 29.6 Å². The van der Waals surface area contributed by atoms with Gasteiger partial charge in [0, 0.05) is 24.0 Å². The Kier molecular flexibility index (Phi) is 4.62. The third-order valence-electron chi connectivity index (χ3n) is 3.67. The first-order chi connectivity index (χ1) is 10.5. The highest BCUT2D eigenvalue weighted by atomic mass is 35.5. The summed E-state index contributed by atoms with van der Waals surface area (Å²) in [5.41, 5.74) is 1.24. The molecule has 0 saturated heterocycles. The fourth-order valence-electron chi connectivity index (χ4n) is 2.50. The highest BCUT2D eigenvalue weighted by molar-refractivity contribution is 7.10. The lowest BCUT2D eigenvalue weighted by Gasteiger charge is -2.29. The van der Waals surface area contributed by atoms with Gasteiger partial charge in [-0.25, -0.2) is 0 Å². The lowest BCUT2D eigenvalue weighted by Crippen LogP contribution is -2.42. The number of thiophene rings is 1. The number of nitrogens with zero attached hydrogens (tertiary/aromatic N) is 1. The lowest BCUT2D eigenvalue weighted by molar-refractivity contribution is -0.138. The first-order valence-electron chi connectivity index (χ1n) is 7.00. The first kappa shape index (κ1) is 15.7. The molecule has 1 aromatic carbocycles. The minimum absolute atomic E-state index is 0.0112. The Balaban J connectivity index is 1.66. The second kappa shape index (κ2) is 6.49. The third-order valence-corrected chi connectivity index (χ3v) is 5.43. The monoisotopic (exact) mass is 355 g/mol. The maximum Gasteiger partial charge on any atom is 0.263 e. The van der Waals surface area contributed by atoms with Crippen molar-refractivity contribution in [3.05, 3.63) is 50.1 Å². The average molecular weight is 356 g/mol. The maximum absolute atomic E-state index is 12.5. The molecule has 0 fully saturated rings. The van der Waals surface area contributed by atoms with E-state index < -0.39 is 6.10 Å². The molecule has 3 rings (SSSR count). The second-order valence-electron chi connectivity index (χ2n) is 5.21. The van der Waals surface area contributed by atoms with Crippen molar-refractivity contribution in [2.45, 2.75) is 26.0 Å². The molecule has 3 nitrogen and oxygen atoms in total. The summed E-state index contributed by atoms with van der Waals surface area (Å²) in [6.07, 6.45) is 0.357. The largest absolute Gasteiger partial charge is 0.481 e. The van der Waals surface area contributed by atoms with E-state index in [1.807, 2.05) is 4.90 Å². The van der Waals surface area contributed by atoms with Gasteiger partial charge in [-0.05, 0) is 42.5 Å². The minimum Gasteiger partial charge on any atom is -0.481 e. The number of benzene rings is 1. The van der Waals surface area contributed by atoms with Crippen molar-refractivity contribution in [2.75, 3.05) is 6.54 Å². The molecule has 1 aliphatic heterocycles. The van der Waals surface area contributed by atoms with Crippen LogP contribution in [-0.2, 0) is 17.8 Å². The van der Waals surface area contributed by atoms with E-state index in [0.717, 1.165) is 13.0 Å². The van der Waals surface area contributed by atoms with Crippen molar-refractivity contribution in [2.24, 2.45) is 0 Å². The van der Waals surface area contributed by atoms with E-state index in [-0.39, 0.29) is 5.91 Å². The Morgan fingerprint density at radius 2 is 2.14 bits per heavy atom. The smallest absolute Gasteiger partial charge is 0.263 e. The Morgan fingerprint density at radius 3 is 2.91 bits per heavy atom. The van der Waals surface area contributed by atoms with Crippen LogP contribution in [0.2, 0.25) is 10.0 Å². The number of halogens is 2. The van der Waals surface area contributed by atoms with E-state index in [9.17, 15) is 4.79 Å². The molecular formula is C16H15Cl2NO2S. The predicted octanol–water partition coefficient (Wildman–Crippen LogP) is 4.41. The van der Waals surface area contributed by atoms with Crippen molar-refractivity contribution >= 4 is 40.4 Å². The molecule has 6 heteroatoms. The van der Waals surface area contributed by atoms with Gasteiger partial charge in [-0.1, -0.05) is 23.2 Å². The van der Waals surface area contributed by atoms with Gasteiger partial charge < -0.3 is 9.64 Å². The molecular weight excluding hydrogens is 341 g/mol. The van der Waals surface area contributed by atoms with E-state index in [2.05, 4.69) is 11.4 Å².